The first-order chi connectivity index (χ1) is 16.0. The van der Waals surface area contributed by atoms with Crippen molar-refractivity contribution in [2.75, 3.05) is 7.11 Å². The van der Waals surface area contributed by atoms with Gasteiger partial charge < -0.3 is 19.5 Å². The van der Waals surface area contributed by atoms with Crippen LogP contribution in [0.5, 0.6) is 5.75 Å². The molecule has 0 radical (unpaired) electrons. The van der Waals surface area contributed by atoms with E-state index in [0.29, 0.717) is 25.3 Å². The van der Waals surface area contributed by atoms with Crippen LogP contribution in [0.4, 0.5) is 0 Å². The van der Waals surface area contributed by atoms with Crippen LogP contribution in [-0.2, 0) is 24.4 Å². The summed E-state index contributed by atoms with van der Waals surface area (Å²) in [6.45, 7) is 2.94. The number of thiophene rings is 1. The molecule has 2 aromatic heterocycles. The highest BCUT2D eigenvalue weighted by Gasteiger charge is 2.47. The second kappa shape index (κ2) is 8.41. The Labute approximate surface area is 196 Å². The third kappa shape index (κ3) is 3.68. The summed E-state index contributed by atoms with van der Waals surface area (Å²) in [4.78, 5) is 30.2. The fourth-order valence-electron chi connectivity index (χ4n) is 4.53. The van der Waals surface area contributed by atoms with Crippen molar-refractivity contribution in [3.05, 3.63) is 88.2 Å². The Kier molecular flexibility index (Phi) is 5.42. The zero-order chi connectivity index (χ0) is 23.0. The summed E-state index contributed by atoms with van der Waals surface area (Å²) in [5, 5.41) is 6.04. The lowest BCUT2D eigenvalue weighted by molar-refractivity contribution is -0.133. The van der Waals surface area contributed by atoms with Crippen LogP contribution in [0.15, 0.2) is 72.1 Å². The second-order valence-electron chi connectivity index (χ2n) is 8.41. The largest absolute Gasteiger partial charge is 0.496 e. The summed E-state index contributed by atoms with van der Waals surface area (Å²) in [5.74, 6) is 0.388. The lowest BCUT2D eigenvalue weighted by Gasteiger charge is -2.44. The second-order valence-corrected chi connectivity index (χ2v) is 9.45. The van der Waals surface area contributed by atoms with E-state index < -0.39 is 5.54 Å². The first-order valence-corrected chi connectivity index (χ1v) is 11.7. The molecule has 2 aromatic carbocycles. The standard InChI is InChI=1S/C26H25N3O3S/c1-26(25(31)27-15-19-9-4-6-12-23(19)32-2)17-28-21-11-5-3-8-18(21)14-22(28)24(30)29(26)16-20-10-7-13-33-20/h3-14H,15-17H2,1-2H3,(H,27,31)/t26-/m1/s1. The number of para-hydroxylation sites is 2. The van der Waals surface area contributed by atoms with Crippen molar-refractivity contribution in [1.29, 1.82) is 0 Å². The molecule has 7 heteroatoms. The van der Waals surface area contributed by atoms with Gasteiger partial charge in [-0.3, -0.25) is 9.59 Å². The van der Waals surface area contributed by atoms with E-state index >= 15 is 0 Å². The number of hydrogen-bond acceptors (Lipinski definition) is 4. The molecule has 1 aliphatic heterocycles. The molecule has 4 aromatic rings. The van der Waals surface area contributed by atoms with Crippen LogP contribution >= 0.6 is 11.3 Å². The van der Waals surface area contributed by atoms with E-state index in [1.54, 1.807) is 23.3 Å². The Bertz CT molecular complexity index is 1330. The van der Waals surface area contributed by atoms with Crippen LogP contribution < -0.4 is 10.1 Å². The molecule has 0 unspecified atom stereocenters. The van der Waals surface area contributed by atoms with Crippen LogP contribution in [-0.4, -0.2) is 33.9 Å². The van der Waals surface area contributed by atoms with E-state index in [2.05, 4.69) is 5.32 Å². The van der Waals surface area contributed by atoms with Crippen LogP contribution in [0.1, 0.15) is 27.9 Å². The number of rotatable bonds is 6. The third-order valence-corrected chi connectivity index (χ3v) is 7.21. The van der Waals surface area contributed by atoms with E-state index in [-0.39, 0.29) is 11.8 Å². The van der Waals surface area contributed by atoms with Crippen LogP contribution in [0.3, 0.4) is 0 Å². The first-order valence-electron chi connectivity index (χ1n) is 10.8. The van der Waals surface area contributed by atoms with Gasteiger partial charge in [-0.1, -0.05) is 42.5 Å². The van der Waals surface area contributed by atoms with E-state index in [1.165, 1.54) is 0 Å². The van der Waals surface area contributed by atoms with E-state index in [4.69, 9.17) is 4.74 Å². The smallest absolute Gasteiger partial charge is 0.271 e. The van der Waals surface area contributed by atoms with Crippen LogP contribution in [0, 0.1) is 0 Å². The van der Waals surface area contributed by atoms with Gasteiger partial charge in [0.05, 0.1) is 20.2 Å². The number of aromatic nitrogens is 1. The summed E-state index contributed by atoms with van der Waals surface area (Å²) >= 11 is 1.58. The molecule has 33 heavy (non-hydrogen) atoms. The van der Waals surface area contributed by atoms with Gasteiger partial charge in [-0.15, -0.1) is 11.3 Å². The number of nitrogens with one attached hydrogen (secondary N) is 1. The number of benzene rings is 2. The predicted molar refractivity (Wildman–Crippen MR) is 129 cm³/mol. The van der Waals surface area contributed by atoms with Crippen molar-refractivity contribution in [2.24, 2.45) is 0 Å². The third-order valence-electron chi connectivity index (χ3n) is 6.35. The minimum absolute atomic E-state index is 0.138. The monoisotopic (exact) mass is 459 g/mol. The number of methoxy groups -OCH3 is 1. The maximum absolute atomic E-state index is 13.7. The molecule has 1 atom stereocenters. The van der Waals surface area contributed by atoms with Gasteiger partial charge in [-0.2, -0.15) is 0 Å². The van der Waals surface area contributed by atoms with Crippen molar-refractivity contribution in [3.8, 4) is 5.75 Å². The average Bonchev–Trinajstić information content (AvgIpc) is 3.48. The SMILES string of the molecule is COc1ccccc1CNC(=O)[C@@]1(C)Cn2c(cc3ccccc32)C(=O)N1Cc1cccs1. The van der Waals surface area contributed by atoms with Gasteiger partial charge in [0, 0.05) is 27.9 Å². The molecule has 0 bridgehead atoms. The van der Waals surface area contributed by atoms with Gasteiger partial charge in [0.1, 0.15) is 17.0 Å². The highest BCUT2D eigenvalue weighted by molar-refractivity contribution is 7.09. The van der Waals surface area contributed by atoms with Crippen molar-refractivity contribution in [1.82, 2.24) is 14.8 Å². The molecule has 2 amide bonds. The van der Waals surface area contributed by atoms with Crippen LogP contribution in [0.25, 0.3) is 10.9 Å². The molecule has 1 aliphatic rings. The van der Waals surface area contributed by atoms with Gasteiger partial charge in [0.25, 0.3) is 5.91 Å². The van der Waals surface area contributed by atoms with Gasteiger partial charge >= 0.3 is 0 Å². The van der Waals surface area contributed by atoms with Gasteiger partial charge in [-0.25, -0.2) is 0 Å². The minimum Gasteiger partial charge on any atom is -0.496 e. The Morgan fingerprint density at radius 1 is 1.12 bits per heavy atom. The summed E-state index contributed by atoms with van der Waals surface area (Å²) in [7, 11) is 1.61. The lowest BCUT2D eigenvalue weighted by Crippen LogP contribution is -2.63. The predicted octanol–water partition coefficient (Wildman–Crippen LogP) is 4.44. The number of ether oxygens (including phenoxy) is 1. The molecule has 0 fully saturated rings. The molecule has 0 saturated carbocycles. The maximum Gasteiger partial charge on any atom is 0.271 e. The quantitative estimate of drug-likeness (QED) is 0.464. The summed E-state index contributed by atoms with van der Waals surface area (Å²) in [6.07, 6.45) is 0. The normalized spacial score (nSPS) is 17.8. The fraction of sp³-hybridized carbons (Fsp3) is 0.231. The summed E-state index contributed by atoms with van der Waals surface area (Å²) < 4.78 is 7.40. The van der Waals surface area contributed by atoms with Gasteiger partial charge in [0.2, 0.25) is 5.91 Å². The summed E-state index contributed by atoms with van der Waals surface area (Å²) in [6, 6.07) is 21.4. The van der Waals surface area contributed by atoms with Crippen LogP contribution in [0.2, 0.25) is 0 Å². The van der Waals surface area contributed by atoms with E-state index in [9.17, 15) is 9.59 Å². The number of carbonyl (C=O) groups excluding carboxylic acids is 2. The Morgan fingerprint density at radius 2 is 1.91 bits per heavy atom. The lowest BCUT2D eigenvalue weighted by atomic mass is 9.94. The molecule has 3 heterocycles. The molecule has 0 spiro atoms. The topological polar surface area (TPSA) is 63.6 Å². The van der Waals surface area contributed by atoms with Gasteiger partial charge in [0.15, 0.2) is 0 Å². The zero-order valence-corrected chi connectivity index (χ0v) is 19.4. The van der Waals surface area contributed by atoms with Crippen molar-refractivity contribution >= 4 is 34.1 Å². The van der Waals surface area contributed by atoms with E-state index in [0.717, 1.165) is 27.1 Å². The molecule has 0 aliphatic carbocycles. The molecular formula is C26H25N3O3S. The van der Waals surface area contributed by atoms with Gasteiger partial charge in [-0.05, 0) is 36.6 Å². The molecule has 5 rings (SSSR count). The molecule has 1 N–H and O–H groups in total. The van der Waals surface area contributed by atoms with Crippen molar-refractivity contribution < 1.29 is 14.3 Å². The molecule has 168 valence electrons. The molecule has 0 saturated heterocycles. The zero-order valence-electron chi connectivity index (χ0n) is 18.6. The average molecular weight is 460 g/mol. The van der Waals surface area contributed by atoms with Crippen molar-refractivity contribution in [2.45, 2.75) is 32.1 Å². The first kappa shape index (κ1) is 21.3. The number of hydrogen-bond donors (Lipinski definition) is 1. The Hall–Kier alpha value is -3.58. The highest BCUT2D eigenvalue weighted by atomic mass is 32.1. The van der Waals surface area contributed by atoms with Crippen molar-refractivity contribution in [3.63, 3.8) is 0 Å². The molecule has 6 nitrogen and oxygen atoms in total. The summed E-state index contributed by atoms with van der Waals surface area (Å²) in [5.41, 5.74) is 1.40. The Balaban J connectivity index is 1.51. The number of amides is 2. The Morgan fingerprint density at radius 3 is 2.70 bits per heavy atom. The molecular weight excluding hydrogens is 434 g/mol. The number of fused-ring (bicyclic) bond motifs is 3. The highest BCUT2D eigenvalue weighted by Crippen LogP contribution is 2.34. The minimum atomic E-state index is -1.06. The number of carbonyl (C=O) groups is 2. The number of nitrogens with zero attached hydrogens (tertiary/aromatic N) is 2. The van der Waals surface area contributed by atoms with E-state index in [1.807, 2.05) is 83.6 Å². The maximum atomic E-state index is 13.7. The fourth-order valence-corrected chi connectivity index (χ4v) is 5.22.